The molecule has 0 N–H and O–H groups in total. The number of carbonyl (C=O) groups is 1. The molecule has 0 aliphatic heterocycles. The minimum atomic E-state index is -0.0309. The Morgan fingerprint density at radius 3 is 2.46 bits per heavy atom. The van der Waals surface area contributed by atoms with Crippen molar-refractivity contribution in [2.75, 3.05) is 7.11 Å². The standard InChI is InChI=1S/C25H33NO2/c1-4-6-14-25(15-7-5-2)16-19(18-27)20-12-13-22(26-23(20)17-25)21-10-8-9-11-24(21)28-3/h8-13,18-19H,4-7,14-17H2,1-3H3. The van der Waals surface area contributed by atoms with Crippen molar-refractivity contribution in [2.45, 2.75) is 71.1 Å². The van der Waals surface area contributed by atoms with Crippen molar-refractivity contribution in [3.05, 3.63) is 47.7 Å². The number of methoxy groups -OCH3 is 1. The van der Waals surface area contributed by atoms with Gasteiger partial charge in [0, 0.05) is 17.2 Å². The summed E-state index contributed by atoms with van der Waals surface area (Å²) in [7, 11) is 1.69. The summed E-state index contributed by atoms with van der Waals surface area (Å²) >= 11 is 0. The molecule has 1 aromatic carbocycles. The molecule has 1 unspecified atom stereocenters. The van der Waals surface area contributed by atoms with Gasteiger partial charge in [0.15, 0.2) is 0 Å². The highest BCUT2D eigenvalue weighted by Crippen LogP contribution is 2.48. The van der Waals surface area contributed by atoms with E-state index in [1.165, 1.54) is 38.5 Å². The van der Waals surface area contributed by atoms with Crippen molar-refractivity contribution >= 4 is 6.29 Å². The second-order valence-corrected chi connectivity index (χ2v) is 8.26. The van der Waals surface area contributed by atoms with Crippen molar-refractivity contribution in [3.63, 3.8) is 0 Å². The molecule has 0 spiro atoms. The normalized spacial score (nSPS) is 17.8. The number of aromatic nitrogens is 1. The topological polar surface area (TPSA) is 39.2 Å². The molecule has 1 heterocycles. The summed E-state index contributed by atoms with van der Waals surface area (Å²) in [6.07, 6.45) is 10.3. The summed E-state index contributed by atoms with van der Waals surface area (Å²) in [5, 5.41) is 0. The summed E-state index contributed by atoms with van der Waals surface area (Å²) in [6, 6.07) is 12.2. The van der Waals surface area contributed by atoms with Gasteiger partial charge in [-0.25, -0.2) is 0 Å². The highest BCUT2D eigenvalue weighted by atomic mass is 16.5. The first kappa shape index (κ1) is 20.6. The monoisotopic (exact) mass is 379 g/mol. The predicted octanol–water partition coefficient (Wildman–Crippen LogP) is 6.35. The Kier molecular flexibility index (Phi) is 6.88. The van der Waals surface area contributed by atoms with Gasteiger partial charge in [-0.15, -0.1) is 0 Å². The number of fused-ring (bicyclic) bond motifs is 1. The average molecular weight is 380 g/mol. The third-order valence-electron chi connectivity index (χ3n) is 6.27. The fourth-order valence-electron chi connectivity index (χ4n) is 4.73. The minimum absolute atomic E-state index is 0.0309. The van der Waals surface area contributed by atoms with Crippen LogP contribution in [0.15, 0.2) is 36.4 Å². The van der Waals surface area contributed by atoms with E-state index in [0.717, 1.165) is 47.4 Å². The van der Waals surface area contributed by atoms with Crippen molar-refractivity contribution in [1.29, 1.82) is 0 Å². The maximum absolute atomic E-state index is 12.0. The van der Waals surface area contributed by atoms with E-state index < -0.39 is 0 Å². The zero-order chi connectivity index (χ0) is 20.0. The molecule has 1 aromatic heterocycles. The van der Waals surface area contributed by atoms with Gasteiger partial charge in [0.1, 0.15) is 12.0 Å². The number of nitrogens with zero attached hydrogens (tertiary/aromatic N) is 1. The SMILES string of the molecule is CCCCC1(CCCC)Cc2nc(-c3ccccc3OC)ccc2C(C=O)C1. The first-order valence-corrected chi connectivity index (χ1v) is 10.7. The molecule has 28 heavy (non-hydrogen) atoms. The van der Waals surface area contributed by atoms with Crippen LogP contribution in [0.5, 0.6) is 5.75 Å². The quantitative estimate of drug-likeness (QED) is 0.476. The first-order valence-electron chi connectivity index (χ1n) is 10.7. The van der Waals surface area contributed by atoms with E-state index in [0.29, 0.717) is 0 Å². The van der Waals surface area contributed by atoms with Gasteiger partial charge in [0.25, 0.3) is 0 Å². The maximum Gasteiger partial charge on any atom is 0.128 e. The van der Waals surface area contributed by atoms with Crippen LogP contribution in [0.2, 0.25) is 0 Å². The van der Waals surface area contributed by atoms with Crippen molar-refractivity contribution in [3.8, 4) is 17.0 Å². The van der Waals surface area contributed by atoms with Gasteiger partial charge in [-0.3, -0.25) is 4.98 Å². The zero-order valence-corrected chi connectivity index (χ0v) is 17.5. The Balaban J connectivity index is 2.01. The van der Waals surface area contributed by atoms with Crippen molar-refractivity contribution < 1.29 is 9.53 Å². The number of ether oxygens (including phenoxy) is 1. The van der Waals surface area contributed by atoms with E-state index in [4.69, 9.17) is 9.72 Å². The minimum Gasteiger partial charge on any atom is -0.496 e. The van der Waals surface area contributed by atoms with Crippen molar-refractivity contribution in [1.82, 2.24) is 4.98 Å². The van der Waals surface area contributed by atoms with Gasteiger partial charge in [0.05, 0.1) is 12.8 Å². The maximum atomic E-state index is 12.0. The molecule has 0 radical (unpaired) electrons. The number of aldehydes is 1. The second kappa shape index (κ2) is 9.36. The summed E-state index contributed by atoms with van der Waals surface area (Å²) in [4.78, 5) is 17.0. The Bertz CT molecular complexity index is 791. The lowest BCUT2D eigenvalue weighted by molar-refractivity contribution is -0.110. The molecule has 3 nitrogen and oxygen atoms in total. The van der Waals surface area contributed by atoms with Gasteiger partial charge in [-0.1, -0.05) is 57.7 Å². The molecule has 3 heteroatoms. The molecule has 0 amide bonds. The lowest BCUT2D eigenvalue weighted by atomic mass is 9.64. The molecule has 150 valence electrons. The molecular formula is C25H33NO2. The summed E-state index contributed by atoms with van der Waals surface area (Å²) in [5.41, 5.74) is 4.38. The van der Waals surface area contributed by atoms with E-state index in [9.17, 15) is 4.79 Å². The van der Waals surface area contributed by atoms with E-state index in [1.54, 1.807) is 7.11 Å². The fraction of sp³-hybridized carbons (Fsp3) is 0.520. The molecule has 0 fully saturated rings. The molecular weight excluding hydrogens is 346 g/mol. The number of carbonyl (C=O) groups excluding carboxylic acids is 1. The molecule has 2 aromatic rings. The lowest BCUT2D eigenvalue weighted by Gasteiger charge is -2.41. The highest BCUT2D eigenvalue weighted by molar-refractivity contribution is 5.69. The smallest absolute Gasteiger partial charge is 0.128 e. The van der Waals surface area contributed by atoms with E-state index in [1.807, 2.05) is 24.3 Å². The zero-order valence-electron chi connectivity index (χ0n) is 17.5. The largest absolute Gasteiger partial charge is 0.496 e. The van der Waals surface area contributed by atoms with Crippen LogP contribution in [-0.4, -0.2) is 18.4 Å². The highest BCUT2D eigenvalue weighted by Gasteiger charge is 2.39. The van der Waals surface area contributed by atoms with Gasteiger partial charge in [0.2, 0.25) is 0 Å². The summed E-state index contributed by atoms with van der Waals surface area (Å²) in [6.45, 7) is 4.50. The number of hydrogen-bond donors (Lipinski definition) is 0. The average Bonchev–Trinajstić information content (AvgIpc) is 2.75. The Hall–Kier alpha value is -2.16. The van der Waals surface area contributed by atoms with E-state index in [-0.39, 0.29) is 11.3 Å². The first-order chi connectivity index (χ1) is 13.7. The Morgan fingerprint density at radius 1 is 1.11 bits per heavy atom. The van der Waals surface area contributed by atoms with E-state index in [2.05, 4.69) is 26.0 Å². The number of rotatable bonds is 9. The molecule has 0 saturated carbocycles. The molecule has 3 rings (SSSR count). The van der Waals surface area contributed by atoms with Crippen LogP contribution in [0.3, 0.4) is 0 Å². The lowest BCUT2D eigenvalue weighted by Crippen LogP contribution is -2.33. The van der Waals surface area contributed by atoms with Crippen molar-refractivity contribution in [2.24, 2.45) is 5.41 Å². The van der Waals surface area contributed by atoms with Crippen LogP contribution in [-0.2, 0) is 11.2 Å². The van der Waals surface area contributed by atoms with Crippen LogP contribution in [0.4, 0.5) is 0 Å². The number of benzene rings is 1. The van der Waals surface area contributed by atoms with Gasteiger partial charge in [-0.2, -0.15) is 0 Å². The molecule has 1 aliphatic rings. The van der Waals surface area contributed by atoms with E-state index >= 15 is 0 Å². The number of pyridine rings is 1. The molecule has 0 saturated heterocycles. The molecule has 0 bridgehead atoms. The second-order valence-electron chi connectivity index (χ2n) is 8.26. The van der Waals surface area contributed by atoms with Gasteiger partial charge < -0.3 is 9.53 Å². The van der Waals surface area contributed by atoms with Crippen LogP contribution < -0.4 is 4.74 Å². The number of unbranched alkanes of at least 4 members (excludes halogenated alkanes) is 2. The number of para-hydroxylation sites is 1. The summed E-state index contributed by atoms with van der Waals surface area (Å²) < 4.78 is 5.54. The Labute approximate surface area is 169 Å². The van der Waals surface area contributed by atoms with Crippen LogP contribution in [0.25, 0.3) is 11.3 Å². The fourth-order valence-corrected chi connectivity index (χ4v) is 4.73. The predicted molar refractivity (Wildman–Crippen MR) is 115 cm³/mol. The van der Waals surface area contributed by atoms with Crippen LogP contribution in [0, 0.1) is 5.41 Å². The number of hydrogen-bond acceptors (Lipinski definition) is 3. The summed E-state index contributed by atoms with van der Waals surface area (Å²) in [5.74, 6) is 0.803. The molecule has 1 atom stereocenters. The Morgan fingerprint density at radius 2 is 1.82 bits per heavy atom. The van der Waals surface area contributed by atoms with Gasteiger partial charge >= 0.3 is 0 Å². The third kappa shape index (κ3) is 4.29. The third-order valence-corrected chi connectivity index (χ3v) is 6.27. The van der Waals surface area contributed by atoms with Crippen LogP contribution in [0.1, 0.15) is 76.0 Å². The molecule has 1 aliphatic carbocycles. The van der Waals surface area contributed by atoms with Gasteiger partial charge in [-0.05, 0) is 54.9 Å². The van der Waals surface area contributed by atoms with Crippen LogP contribution >= 0.6 is 0 Å².